The Hall–Kier alpha value is -3.11. The predicted molar refractivity (Wildman–Crippen MR) is 159 cm³/mol. The van der Waals surface area contributed by atoms with Gasteiger partial charge in [0.2, 0.25) is 10.1 Å². The third-order valence-corrected chi connectivity index (χ3v) is 9.86. The first-order chi connectivity index (χ1) is 18.0. The van der Waals surface area contributed by atoms with Crippen LogP contribution < -0.4 is 9.91 Å². The fourth-order valence-corrected chi connectivity index (χ4v) is 8.00. The van der Waals surface area contributed by atoms with Crippen LogP contribution in [0.4, 0.5) is 11.4 Å². The van der Waals surface area contributed by atoms with E-state index in [4.69, 9.17) is 5.10 Å². The van der Waals surface area contributed by atoms with E-state index in [2.05, 4.69) is 15.9 Å². The van der Waals surface area contributed by atoms with E-state index in [1.54, 1.807) is 16.0 Å². The molecule has 37 heavy (non-hydrogen) atoms. The molecule has 1 atom stereocenters. The Morgan fingerprint density at radius 3 is 2.16 bits per heavy atom. The maximum atomic E-state index is 14.1. The van der Waals surface area contributed by atoms with Gasteiger partial charge in [0.1, 0.15) is 0 Å². The fraction of sp³-hybridized carbons (Fsp3) is 0.0357. The van der Waals surface area contributed by atoms with Crippen LogP contribution in [0.2, 0.25) is 0 Å². The van der Waals surface area contributed by atoms with Gasteiger partial charge in [-0.25, -0.2) is 5.01 Å². The fourth-order valence-electron chi connectivity index (χ4n) is 4.07. The monoisotopic (exact) mass is 603 g/mol. The largest absolute Gasteiger partial charge is 0.285 e. The molecular weight excluding hydrogens is 586 g/mol. The molecule has 1 saturated heterocycles. The molecule has 1 fully saturated rings. The lowest BCUT2D eigenvalue weighted by atomic mass is 10.2. The molecule has 6 rings (SSSR count). The average Bonchev–Trinajstić information content (AvgIpc) is 3.65. The predicted octanol–water partition coefficient (Wildman–Crippen LogP) is 7.69. The summed E-state index contributed by atoms with van der Waals surface area (Å²) in [5, 5.41) is 8.86. The molecule has 182 valence electrons. The molecule has 2 aliphatic heterocycles. The van der Waals surface area contributed by atoms with Gasteiger partial charge >= 0.3 is 0 Å². The Bertz CT molecular complexity index is 1520. The van der Waals surface area contributed by atoms with Crippen molar-refractivity contribution in [2.75, 3.05) is 9.91 Å². The summed E-state index contributed by atoms with van der Waals surface area (Å²) in [4.78, 5) is 30.5. The maximum Gasteiger partial charge on any atom is 0.268 e. The second-order valence-electron chi connectivity index (χ2n) is 8.15. The molecule has 1 unspecified atom stereocenters. The zero-order valence-corrected chi connectivity index (χ0v) is 23.2. The first kappa shape index (κ1) is 24.2. The number of nitrogens with zero attached hydrogens (tertiary/aromatic N) is 3. The first-order valence-corrected chi connectivity index (χ1v) is 14.6. The molecule has 1 amide bonds. The van der Waals surface area contributed by atoms with Gasteiger partial charge in [-0.15, -0.1) is 11.3 Å². The number of hydrazone groups is 1. The van der Waals surface area contributed by atoms with Crippen LogP contribution in [-0.2, 0) is 4.79 Å². The molecule has 4 aromatic rings. The molecule has 0 radical (unpaired) electrons. The van der Waals surface area contributed by atoms with E-state index in [-0.39, 0.29) is 11.7 Å². The van der Waals surface area contributed by atoms with Crippen molar-refractivity contribution in [1.82, 2.24) is 0 Å². The molecule has 0 aliphatic carbocycles. The van der Waals surface area contributed by atoms with Crippen LogP contribution in [0.15, 0.2) is 117 Å². The van der Waals surface area contributed by atoms with Crippen LogP contribution in [0.25, 0.3) is 6.08 Å². The number of hydrogen-bond acceptors (Lipinski definition) is 7. The number of halogens is 1. The number of Topliss-reactive ketones (excluding diaryl/α,β-unsaturated/α-hetero) is 1. The molecule has 1 spiro atoms. The van der Waals surface area contributed by atoms with Gasteiger partial charge in [0.25, 0.3) is 5.91 Å². The number of carbonyl (C=O) groups excluding carboxylic acids is 2. The summed E-state index contributed by atoms with van der Waals surface area (Å²) < 4.78 is -0.0855. The van der Waals surface area contributed by atoms with Crippen molar-refractivity contribution in [1.29, 1.82) is 0 Å². The van der Waals surface area contributed by atoms with Crippen molar-refractivity contribution < 1.29 is 9.59 Å². The van der Waals surface area contributed by atoms with Gasteiger partial charge in [-0.05, 0) is 71.2 Å². The highest BCUT2D eigenvalue weighted by Gasteiger charge is 2.60. The third-order valence-electron chi connectivity index (χ3n) is 5.75. The minimum absolute atomic E-state index is 0.146. The summed E-state index contributed by atoms with van der Waals surface area (Å²) in [7, 11) is 0. The van der Waals surface area contributed by atoms with E-state index in [0.29, 0.717) is 14.8 Å². The Kier molecular flexibility index (Phi) is 6.54. The quantitative estimate of drug-likeness (QED) is 0.173. The van der Waals surface area contributed by atoms with Crippen LogP contribution in [0, 0.1) is 0 Å². The maximum absolute atomic E-state index is 14.1. The van der Waals surface area contributed by atoms with Gasteiger partial charge < -0.3 is 0 Å². The zero-order valence-electron chi connectivity index (χ0n) is 19.2. The topological polar surface area (TPSA) is 53.0 Å². The van der Waals surface area contributed by atoms with E-state index in [1.165, 1.54) is 34.9 Å². The smallest absolute Gasteiger partial charge is 0.268 e. The second-order valence-corrected chi connectivity index (χ2v) is 12.6. The van der Waals surface area contributed by atoms with Gasteiger partial charge in [0, 0.05) is 10.2 Å². The van der Waals surface area contributed by atoms with Crippen molar-refractivity contribution in [3.05, 3.63) is 122 Å². The number of anilines is 2. The second kappa shape index (κ2) is 9.98. The van der Waals surface area contributed by atoms with Gasteiger partial charge in [0.15, 0.2) is 5.04 Å². The molecular formula is C28H18BrN3O2S3. The van der Waals surface area contributed by atoms with E-state index >= 15 is 0 Å². The number of para-hydroxylation sites is 2. The Morgan fingerprint density at radius 1 is 0.838 bits per heavy atom. The standard InChI is InChI=1S/C28H18BrN3O2S3/c29-20-15-13-19(14-16-20)18-24-27(34)31(21-8-3-1-4-9-21)28(36-24)32(22-10-5-2-6-11-22)30-26(37-28)25(33)23-12-7-17-35-23/h1-18H/b24-18+. The summed E-state index contributed by atoms with van der Waals surface area (Å²) in [6, 6.07) is 30.7. The van der Waals surface area contributed by atoms with Crippen LogP contribution in [0.3, 0.4) is 0 Å². The molecule has 1 aromatic heterocycles. The SMILES string of the molecule is O=C(C1=NN(c2ccccc2)C2(S1)S/C(=C/c1ccc(Br)cc1)C(=O)N2c1ccccc1)c1cccs1. The van der Waals surface area contributed by atoms with Crippen molar-refractivity contribution in [2.45, 2.75) is 4.33 Å². The zero-order chi connectivity index (χ0) is 25.4. The third kappa shape index (κ3) is 4.46. The van der Waals surface area contributed by atoms with Gasteiger partial charge in [-0.2, -0.15) is 5.10 Å². The highest BCUT2D eigenvalue weighted by molar-refractivity contribution is 9.10. The molecule has 3 heterocycles. The summed E-state index contributed by atoms with van der Waals surface area (Å²) in [5.41, 5.74) is 2.43. The van der Waals surface area contributed by atoms with E-state index in [9.17, 15) is 9.59 Å². The van der Waals surface area contributed by atoms with Crippen LogP contribution in [0.5, 0.6) is 0 Å². The Balaban J connectivity index is 1.51. The molecule has 0 bridgehead atoms. The molecule has 3 aromatic carbocycles. The lowest BCUT2D eigenvalue weighted by Crippen LogP contribution is -2.51. The number of thioether (sulfide) groups is 2. The summed E-state index contributed by atoms with van der Waals surface area (Å²) in [6.07, 6.45) is 1.90. The molecule has 0 N–H and O–H groups in total. The lowest BCUT2D eigenvalue weighted by Gasteiger charge is -2.38. The molecule has 2 aliphatic rings. The molecule has 0 saturated carbocycles. The molecule has 5 nitrogen and oxygen atoms in total. The average molecular weight is 605 g/mol. The van der Waals surface area contributed by atoms with Crippen LogP contribution >= 0.6 is 50.8 Å². The van der Waals surface area contributed by atoms with Crippen LogP contribution in [0.1, 0.15) is 15.2 Å². The van der Waals surface area contributed by atoms with E-state index in [0.717, 1.165) is 21.4 Å². The van der Waals surface area contributed by atoms with E-state index in [1.807, 2.05) is 102 Å². The molecule has 9 heteroatoms. The summed E-state index contributed by atoms with van der Waals surface area (Å²) >= 11 is 7.56. The lowest BCUT2D eigenvalue weighted by molar-refractivity contribution is -0.114. The Labute approximate surface area is 235 Å². The number of thiophene rings is 1. The summed E-state index contributed by atoms with van der Waals surface area (Å²) in [5.74, 6) is -0.295. The number of carbonyl (C=O) groups is 2. The van der Waals surface area contributed by atoms with Crippen molar-refractivity contribution >= 4 is 85.0 Å². The highest BCUT2D eigenvalue weighted by Crippen LogP contribution is 2.59. The highest BCUT2D eigenvalue weighted by atomic mass is 79.9. The van der Waals surface area contributed by atoms with Crippen molar-refractivity contribution in [3.63, 3.8) is 0 Å². The normalized spacial score (nSPS) is 20.2. The first-order valence-electron chi connectivity index (χ1n) is 11.3. The minimum atomic E-state index is -1.05. The number of benzene rings is 3. The summed E-state index contributed by atoms with van der Waals surface area (Å²) in [6.45, 7) is 0. The Morgan fingerprint density at radius 2 is 1.51 bits per heavy atom. The van der Waals surface area contributed by atoms with E-state index < -0.39 is 4.33 Å². The van der Waals surface area contributed by atoms with Gasteiger partial charge in [0.05, 0.1) is 15.5 Å². The number of ketones is 1. The minimum Gasteiger partial charge on any atom is -0.285 e. The number of hydrogen-bond donors (Lipinski definition) is 0. The van der Waals surface area contributed by atoms with Crippen LogP contribution in [-0.4, -0.2) is 21.1 Å². The van der Waals surface area contributed by atoms with Gasteiger partial charge in [-0.3, -0.25) is 14.5 Å². The van der Waals surface area contributed by atoms with Crippen molar-refractivity contribution in [2.24, 2.45) is 5.10 Å². The number of amides is 1. The number of rotatable bonds is 5. The van der Waals surface area contributed by atoms with Crippen molar-refractivity contribution in [3.8, 4) is 0 Å². The van der Waals surface area contributed by atoms with Gasteiger partial charge in [-0.1, -0.05) is 82.3 Å².